The van der Waals surface area contributed by atoms with Crippen molar-refractivity contribution >= 4 is 11.0 Å². The lowest BCUT2D eigenvalue weighted by Crippen LogP contribution is -2.23. The Bertz CT molecular complexity index is 557. The molecule has 1 aliphatic rings. The summed E-state index contributed by atoms with van der Waals surface area (Å²) in [6, 6.07) is 8.54. The van der Waals surface area contributed by atoms with Crippen LogP contribution in [0.2, 0.25) is 0 Å². The Labute approximate surface area is 113 Å². The Morgan fingerprint density at radius 1 is 1.42 bits per heavy atom. The summed E-state index contributed by atoms with van der Waals surface area (Å²) >= 11 is 0. The first kappa shape index (κ1) is 12.5. The molecule has 0 bridgehead atoms. The number of nitrogens with one attached hydrogen (secondary N) is 1. The number of furan rings is 1. The first-order valence-corrected chi connectivity index (χ1v) is 7.13. The molecule has 0 radical (unpaired) electrons. The molecule has 3 rings (SSSR count). The van der Waals surface area contributed by atoms with Gasteiger partial charge in [0.2, 0.25) is 0 Å². The van der Waals surface area contributed by atoms with Crippen molar-refractivity contribution in [2.24, 2.45) is 5.92 Å². The average Bonchev–Trinajstić information content (AvgIpc) is 3.17. The quantitative estimate of drug-likeness (QED) is 0.854. The lowest BCUT2D eigenvalue weighted by atomic mass is 10.1. The molecule has 0 saturated heterocycles. The molecule has 1 aliphatic carbocycles. The van der Waals surface area contributed by atoms with E-state index in [1.165, 1.54) is 12.8 Å². The van der Waals surface area contributed by atoms with Crippen LogP contribution in [-0.4, -0.2) is 13.7 Å². The Morgan fingerprint density at radius 2 is 2.26 bits per heavy atom. The molecule has 3 heteroatoms. The molecule has 0 aliphatic heterocycles. The van der Waals surface area contributed by atoms with Crippen molar-refractivity contribution in [2.75, 3.05) is 13.7 Å². The monoisotopic (exact) mass is 259 g/mol. The molecule has 1 heterocycles. The van der Waals surface area contributed by atoms with Crippen LogP contribution >= 0.6 is 0 Å². The lowest BCUT2D eigenvalue weighted by Gasteiger charge is -2.14. The van der Waals surface area contributed by atoms with E-state index in [0.29, 0.717) is 6.04 Å². The topological polar surface area (TPSA) is 34.4 Å². The minimum atomic E-state index is 0.358. The second kappa shape index (κ2) is 5.25. The van der Waals surface area contributed by atoms with Crippen LogP contribution in [0.15, 0.2) is 28.7 Å². The van der Waals surface area contributed by atoms with Crippen molar-refractivity contribution < 1.29 is 9.15 Å². The van der Waals surface area contributed by atoms with Crippen LogP contribution < -0.4 is 10.1 Å². The van der Waals surface area contributed by atoms with Gasteiger partial charge in [-0.15, -0.1) is 0 Å². The predicted molar refractivity (Wildman–Crippen MR) is 76.5 cm³/mol. The number of rotatable bonds is 6. The highest BCUT2D eigenvalue weighted by molar-refractivity contribution is 5.83. The molecule has 1 N–H and O–H groups in total. The van der Waals surface area contributed by atoms with Gasteiger partial charge in [0.25, 0.3) is 0 Å². The number of fused-ring (bicyclic) bond motifs is 1. The first-order chi connectivity index (χ1) is 9.33. The van der Waals surface area contributed by atoms with E-state index in [4.69, 9.17) is 9.15 Å². The van der Waals surface area contributed by atoms with Crippen molar-refractivity contribution in [2.45, 2.75) is 32.2 Å². The van der Waals surface area contributed by atoms with E-state index in [0.717, 1.165) is 41.4 Å². The third-order valence-electron chi connectivity index (χ3n) is 3.76. The minimum Gasteiger partial charge on any atom is -0.493 e. The van der Waals surface area contributed by atoms with Gasteiger partial charge < -0.3 is 14.5 Å². The summed E-state index contributed by atoms with van der Waals surface area (Å²) in [5.74, 6) is 2.60. The number of hydrogen-bond acceptors (Lipinski definition) is 3. The van der Waals surface area contributed by atoms with Gasteiger partial charge in [0.05, 0.1) is 13.2 Å². The molecule has 1 aromatic heterocycles. The van der Waals surface area contributed by atoms with Gasteiger partial charge in [-0.25, -0.2) is 0 Å². The van der Waals surface area contributed by atoms with Crippen LogP contribution in [0.1, 0.15) is 38.0 Å². The largest absolute Gasteiger partial charge is 0.493 e. The molecule has 0 amide bonds. The fraction of sp³-hybridized carbons (Fsp3) is 0.500. The molecule has 1 saturated carbocycles. The van der Waals surface area contributed by atoms with Gasteiger partial charge >= 0.3 is 0 Å². The number of benzene rings is 1. The lowest BCUT2D eigenvalue weighted by molar-refractivity contribution is 0.380. The summed E-state index contributed by atoms with van der Waals surface area (Å²) in [4.78, 5) is 0. The SMILES string of the molecule is CCCNC(c1cc2cccc(OC)c2o1)C1CC1. The molecule has 1 unspecified atom stereocenters. The summed E-state index contributed by atoms with van der Waals surface area (Å²) in [6.45, 7) is 3.23. The van der Waals surface area contributed by atoms with Gasteiger partial charge in [0, 0.05) is 5.39 Å². The molecule has 2 aromatic rings. The van der Waals surface area contributed by atoms with Crippen molar-refractivity contribution in [1.29, 1.82) is 0 Å². The van der Waals surface area contributed by atoms with E-state index >= 15 is 0 Å². The molecule has 1 fully saturated rings. The van der Waals surface area contributed by atoms with E-state index in [1.807, 2.05) is 12.1 Å². The fourth-order valence-corrected chi connectivity index (χ4v) is 2.60. The zero-order valence-electron chi connectivity index (χ0n) is 11.6. The van der Waals surface area contributed by atoms with Crippen LogP contribution in [0, 0.1) is 5.92 Å². The number of methoxy groups -OCH3 is 1. The maximum atomic E-state index is 6.06. The highest BCUT2D eigenvalue weighted by Crippen LogP contribution is 2.43. The van der Waals surface area contributed by atoms with E-state index in [-0.39, 0.29) is 0 Å². The van der Waals surface area contributed by atoms with E-state index < -0.39 is 0 Å². The first-order valence-electron chi connectivity index (χ1n) is 7.13. The van der Waals surface area contributed by atoms with Crippen molar-refractivity contribution in [3.8, 4) is 5.75 Å². The summed E-state index contributed by atoms with van der Waals surface area (Å²) < 4.78 is 11.4. The highest BCUT2D eigenvalue weighted by Gasteiger charge is 2.34. The number of hydrogen-bond donors (Lipinski definition) is 1. The maximum absolute atomic E-state index is 6.06. The van der Waals surface area contributed by atoms with Crippen molar-refractivity contribution in [3.05, 3.63) is 30.0 Å². The Hall–Kier alpha value is -1.48. The van der Waals surface area contributed by atoms with Crippen molar-refractivity contribution in [1.82, 2.24) is 5.32 Å². The van der Waals surface area contributed by atoms with Gasteiger partial charge in [-0.05, 0) is 43.9 Å². The van der Waals surface area contributed by atoms with Crippen LogP contribution in [0.3, 0.4) is 0 Å². The van der Waals surface area contributed by atoms with Gasteiger partial charge in [-0.1, -0.05) is 19.1 Å². The Kier molecular flexibility index (Phi) is 3.47. The van der Waals surface area contributed by atoms with Gasteiger partial charge in [-0.3, -0.25) is 0 Å². The second-order valence-corrected chi connectivity index (χ2v) is 5.30. The molecule has 3 nitrogen and oxygen atoms in total. The molecule has 19 heavy (non-hydrogen) atoms. The zero-order valence-corrected chi connectivity index (χ0v) is 11.6. The molecular weight excluding hydrogens is 238 g/mol. The molecule has 1 aromatic carbocycles. The van der Waals surface area contributed by atoms with Crippen LogP contribution in [0.25, 0.3) is 11.0 Å². The third-order valence-corrected chi connectivity index (χ3v) is 3.76. The van der Waals surface area contributed by atoms with Gasteiger partial charge in [0.1, 0.15) is 5.76 Å². The van der Waals surface area contributed by atoms with Crippen LogP contribution in [0.5, 0.6) is 5.75 Å². The van der Waals surface area contributed by atoms with Gasteiger partial charge in [0.15, 0.2) is 11.3 Å². The maximum Gasteiger partial charge on any atom is 0.176 e. The summed E-state index contributed by atoms with van der Waals surface area (Å²) in [7, 11) is 1.69. The van der Waals surface area contributed by atoms with E-state index in [2.05, 4.69) is 24.4 Å². The normalized spacial score (nSPS) is 16.7. The third kappa shape index (κ3) is 2.47. The fourth-order valence-electron chi connectivity index (χ4n) is 2.60. The van der Waals surface area contributed by atoms with Gasteiger partial charge in [-0.2, -0.15) is 0 Å². The molecule has 102 valence electrons. The Balaban J connectivity index is 1.94. The predicted octanol–water partition coefficient (Wildman–Crippen LogP) is 3.89. The zero-order chi connectivity index (χ0) is 13.2. The standard InChI is InChI=1S/C16H21NO2/c1-3-9-17-15(11-7-8-11)14-10-12-5-4-6-13(18-2)16(12)19-14/h4-6,10-11,15,17H,3,7-9H2,1-2H3. The van der Waals surface area contributed by atoms with Crippen LogP contribution in [0.4, 0.5) is 0 Å². The van der Waals surface area contributed by atoms with E-state index in [9.17, 15) is 0 Å². The molecule has 0 spiro atoms. The number of ether oxygens (including phenoxy) is 1. The minimum absolute atomic E-state index is 0.358. The summed E-state index contributed by atoms with van der Waals surface area (Å²) in [5, 5.41) is 4.73. The average molecular weight is 259 g/mol. The number of para-hydroxylation sites is 1. The Morgan fingerprint density at radius 3 is 2.95 bits per heavy atom. The molecule has 1 atom stereocenters. The second-order valence-electron chi connectivity index (χ2n) is 5.30. The highest BCUT2D eigenvalue weighted by atomic mass is 16.5. The summed E-state index contributed by atoms with van der Waals surface area (Å²) in [5.41, 5.74) is 0.865. The summed E-state index contributed by atoms with van der Waals surface area (Å²) in [6.07, 6.45) is 3.75. The van der Waals surface area contributed by atoms with Crippen molar-refractivity contribution in [3.63, 3.8) is 0 Å². The smallest absolute Gasteiger partial charge is 0.176 e. The van der Waals surface area contributed by atoms with E-state index in [1.54, 1.807) is 7.11 Å². The molecular formula is C16H21NO2. The van der Waals surface area contributed by atoms with Crippen LogP contribution in [-0.2, 0) is 0 Å².